The molecule has 0 aromatic carbocycles. The molecule has 0 N–H and O–H groups in total. The average Bonchev–Trinajstić information content (AvgIpc) is 3.35. The van der Waals surface area contributed by atoms with Gasteiger partial charge in [0, 0.05) is 28.6 Å². The smallest absolute Gasteiger partial charge is 0.371 e. The molecule has 4 aromatic rings. The summed E-state index contributed by atoms with van der Waals surface area (Å²) in [5, 5.41) is 12.6. The van der Waals surface area contributed by atoms with Crippen molar-refractivity contribution in [2.24, 2.45) is 0 Å². The van der Waals surface area contributed by atoms with E-state index in [-0.39, 0.29) is 38.3 Å². The van der Waals surface area contributed by atoms with Crippen molar-refractivity contribution in [3.8, 4) is 23.3 Å². The van der Waals surface area contributed by atoms with E-state index in [4.69, 9.17) is 11.8 Å². The second kappa shape index (κ2) is 9.77. The summed E-state index contributed by atoms with van der Waals surface area (Å²) in [4.78, 5) is 16.6. The predicted molar refractivity (Wildman–Crippen MR) is 115 cm³/mol. The zero-order valence-electron chi connectivity index (χ0n) is 18.2. The molecule has 35 heavy (non-hydrogen) atoms. The normalized spacial score (nSPS) is 11.3. The van der Waals surface area contributed by atoms with Gasteiger partial charge in [-0.25, -0.2) is 5.26 Å². The Kier molecular flexibility index (Phi) is 7.19. The summed E-state index contributed by atoms with van der Waals surface area (Å²) in [6.07, 6.45) is -2.13. The summed E-state index contributed by atoms with van der Waals surface area (Å²) < 4.78 is 39.7. The summed E-state index contributed by atoms with van der Waals surface area (Å²) >= 11 is 0. The maximum Gasteiger partial charge on any atom is 2.00 e. The number of alkyl halides is 3. The number of nitriles is 1. The van der Waals surface area contributed by atoms with Crippen molar-refractivity contribution < 1.29 is 34.2 Å². The van der Waals surface area contributed by atoms with E-state index in [1.54, 1.807) is 30.3 Å². The Labute approximate surface area is 213 Å². The standard InChI is InChI=1S/C24H14F3N7.Pt/c1-23(2,19-8-5-9-21(32-19)34-13-12-20(33-34)24(25,26)27)18-7-4-6-16(30-18)17-11-10-15(14-28)22(29-3)31-17;/h4-10,12H,1-2H3;/q-2;+2. The molecule has 0 aliphatic heterocycles. The first kappa shape index (κ1) is 25.7. The summed E-state index contributed by atoms with van der Waals surface area (Å²) in [5.41, 5.74) is 0.242. The van der Waals surface area contributed by atoms with Crippen LogP contribution in [-0.4, -0.2) is 24.7 Å². The van der Waals surface area contributed by atoms with Crippen molar-refractivity contribution >= 4 is 5.82 Å². The van der Waals surface area contributed by atoms with E-state index in [2.05, 4.69) is 37.2 Å². The van der Waals surface area contributed by atoms with Crippen LogP contribution in [-0.2, 0) is 32.7 Å². The molecule has 0 saturated carbocycles. The Morgan fingerprint density at radius 1 is 1.00 bits per heavy atom. The van der Waals surface area contributed by atoms with Crippen LogP contribution in [0.3, 0.4) is 0 Å². The molecule has 0 amide bonds. The van der Waals surface area contributed by atoms with E-state index in [9.17, 15) is 13.2 Å². The van der Waals surface area contributed by atoms with Crippen molar-refractivity contribution in [1.82, 2.24) is 24.7 Å². The van der Waals surface area contributed by atoms with Crippen LogP contribution in [0, 0.1) is 30.2 Å². The van der Waals surface area contributed by atoms with E-state index in [0.717, 1.165) is 10.7 Å². The Morgan fingerprint density at radius 3 is 2.31 bits per heavy atom. The summed E-state index contributed by atoms with van der Waals surface area (Å²) in [5.74, 6) is 0.145. The van der Waals surface area contributed by atoms with Crippen molar-refractivity contribution in [1.29, 1.82) is 5.26 Å². The van der Waals surface area contributed by atoms with Crippen LogP contribution in [0.15, 0.2) is 48.5 Å². The van der Waals surface area contributed by atoms with Gasteiger partial charge in [-0.3, -0.25) is 10.1 Å². The number of aromatic nitrogens is 5. The second-order valence-electron chi connectivity index (χ2n) is 7.69. The first-order chi connectivity index (χ1) is 16.1. The molecule has 7 nitrogen and oxygen atoms in total. The van der Waals surface area contributed by atoms with Gasteiger partial charge < -0.3 is 14.5 Å². The molecule has 0 saturated heterocycles. The van der Waals surface area contributed by atoms with Crippen LogP contribution < -0.4 is 0 Å². The van der Waals surface area contributed by atoms with Crippen LogP contribution >= 0.6 is 0 Å². The van der Waals surface area contributed by atoms with Crippen molar-refractivity contribution in [2.45, 2.75) is 25.4 Å². The van der Waals surface area contributed by atoms with Gasteiger partial charge >= 0.3 is 27.2 Å². The molecule has 0 aliphatic rings. The van der Waals surface area contributed by atoms with Crippen LogP contribution in [0.5, 0.6) is 0 Å². The van der Waals surface area contributed by atoms with Crippen LogP contribution in [0.25, 0.3) is 22.1 Å². The third-order valence-corrected chi connectivity index (χ3v) is 5.08. The molecule has 0 atom stereocenters. The fourth-order valence-electron chi connectivity index (χ4n) is 3.18. The zero-order chi connectivity index (χ0) is 24.5. The number of hydrogen-bond acceptors (Lipinski definition) is 5. The third kappa shape index (κ3) is 5.13. The van der Waals surface area contributed by atoms with E-state index in [0.29, 0.717) is 22.8 Å². The van der Waals surface area contributed by atoms with Gasteiger partial charge in [0.2, 0.25) is 5.82 Å². The van der Waals surface area contributed by atoms with Crippen LogP contribution in [0.1, 0.15) is 36.5 Å². The van der Waals surface area contributed by atoms with Crippen molar-refractivity contribution in [2.75, 3.05) is 0 Å². The summed E-state index contributed by atoms with van der Waals surface area (Å²) in [6.45, 7) is 11.0. The van der Waals surface area contributed by atoms with Gasteiger partial charge in [-0.05, 0) is 31.5 Å². The number of rotatable bonds is 4. The first-order valence-electron chi connectivity index (χ1n) is 9.84. The van der Waals surface area contributed by atoms with Gasteiger partial charge in [-0.2, -0.15) is 24.2 Å². The van der Waals surface area contributed by atoms with E-state index in [1.807, 2.05) is 19.9 Å². The van der Waals surface area contributed by atoms with Crippen LogP contribution in [0.2, 0.25) is 0 Å². The minimum atomic E-state index is -4.58. The fourth-order valence-corrected chi connectivity index (χ4v) is 3.18. The molecular weight excluding hydrogens is 638 g/mol. The molecule has 11 heteroatoms. The minimum Gasteiger partial charge on any atom is -0.371 e. The third-order valence-electron chi connectivity index (χ3n) is 5.08. The maximum atomic E-state index is 12.9. The first-order valence-corrected chi connectivity index (χ1v) is 9.84. The molecule has 4 aromatic heterocycles. The van der Waals surface area contributed by atoms with E-state index >= 15 is 0 Å². The Morgan fingerprint density at radius 2 is 1.69 bits per heavy atom. The largest absolute Gasteiger partial charge is 2.00 e. The van der Waals surface area contributed by atoms with Crippen LogP contribution in [0.4, 0.5) is 19.0 Å². The van der Waals surface area contributed by atoms with E-state index < -0.39 is 17.3 Å². The number of pyridine rings is 3. The zero-order valence-corrected chi connectivity index (χ0v) is 20.5. The molecule has 0 radical (unpaired) electrons. The summed E-state index contributed by atoms with van der Waals surface area (Å²) in [7, 11) is 0. The van der Waals surface area contributed by atoms with Crippen molar-refractivity contribution in [3.63, 3.8) is 0 Å². The van der Waals surface area contributed by atoms with Gasteiger partial charge in [0.1, 0.15) is 0 Å². The topological polar surface area (TPSA) is 84.6 Å². The van der Waals surface area contributed by atoms with Gasteiger partial charge in [-0.1, -0.05) is 37.0 Å². The maximum absolute atomic E-state index is 12.9. The predicted octanol–water partition coefficient (Wildman–Crippen LogP) is 5.09. The van der Waals surface area contributed by atoms with Gasteiger partial charge in [0.05, 0.1) is 17.2 Å². The Balaban J connectivity index is 0.00000342. The fraction of sp³-hybridized carbons (Fsp3) is 0.167. The second-order valence-corrected chi connectivity index (χ2v) is 7.69. The number of halogens is 3. The molecule has 0 unspecified atom stereocenters. The average molecular weight is 652 g/mol. The van der Waals surface area contributed by atoms with E-state index in [1.165, 1.54) is 12.1 Å². The number of nitrogens with zero attached hydrogens (tertiary/aromatic N) is 7. The van der Waals surface area contributed by atoms with Gasteiger partial charge in [0.25, 0.3) is 0 Å². The summed E-state index contributed by atoms with van der Waals surface area (Å²) in [6, 6.07) is 17.2. The molecular formula is C24H14F3N7Pt. The quantitative estimate of drug-likeness (QED) is 0.287. The number of hydrogen-bond donors (Lipinski definition) is 0. The Bertz CT molecular complexity index is 1460. The van der Waals surface area contributed by atoms with Gasteiger partial charge in [-0.15, -0.1) is 12.1 Å². The SMILES string of the molecule is [C-]#[N+]c1nc(-c2cccc(C(C)(C)c3cccc(-n4[c-]cc(C(F)(F)F)n4)n3)n2)[c-]cc1C#N.[Pt+2]. The molecule has 4 heterocycles. The minimum absolute atomic E-state index is 0. The molecule has 0 fully saturated rings. The molecule has 0 spiro atoms. The molecule has 176 valence electrons. The van der Waals surface area contributed by atoms with Crippen molar-refractivity contribution in [3.05, 3.63) is 94.9 Å². The van der Waals surface area contributed by atoms with Gasteiger partial charge in [0.15, 0.2) is 0 Å². The molecule has 4 rings (SSSR count). The monoisotopic (exact) mass is 652 g/mol. The molecule has 0 aliphatic carbocycles. The molecule has 0 bridgehead atoms. The Hall–Kier alpha value is -3.88.